The van der Waals surface area contributed by atoms with Crippen molar-refractivity contribution in [2.24, 2.45) is 5.14 Å². The Morgan fingerprint density at radius 3 is 2.22 bits per heavy atom. The minimum Gasteiger partial charge on any atom is -0.314 e. The lowest BCUT2D eigenvalue weighted by Crippen LogP contribution is -2.31. The van der Waals surface area contributed by atoms with Crippen LogP contribution in [0.4, 0.5) is 0 Å². The first-order valence-electron chi connectivity index (χ1n) is 6.22. The molecule has 3 N–H and O–H groups in total. The molecule has 102 valence electrons. The maximum absolute atomic E-state index is 11.2. The van der Waals surface area contributed by atoms with Gasteiger partial charge in [-0.1, -0.05) is 26.0 Å². The third-order valence-electron chi connectivity index (χ3n) is 3.20. The summed E-state index contributed by atoms with van der Waals surface area (Å²) in [5.41, 5.74) is 1.11. The molecule has 0 fully saturated rings. The molecule has 0 amide bonds. The third-order valence-corrected chi connectivity index (χ3v) is 4.13. The first kappa shape index (κ1) is 15.1. The van der Waals surface area contributed by atoms with E-state index in [4.69, 9.17) is 5.14 Å². The van der Waals surface area contributed by atoms with Gasteiger partial charge in [-0.15, -0.1) is 0 Å². The maximum Gasteiger partial charge on any atom is 0.238 e. The molecule has 0 spiro atoms. The van der Waals surface area contributed by atoms with Crippen molar-refractivity contribution in [3.8, 4) is 0 Å². The van der Waals surface area contributed by atoms with Crippen LogP contribution in [0.15, 0.2) is 29.2 Å². The van der Waals surface area contributed by atoms with E-state index in [1.54, 1.807) is 12.1 Å². The smallest absolute Gasteiger partial charge is 0.238 e. The Kier molecular flexibility index (Phi) is 5.31. The summed E-state index contributed by atoms with van der Waals surface area (Å²) in [7, 11) is -3.60. The number of benzene rings is 1. The lowest BCUT2D eigenvalue weighted by molar-refractivity contribution is 0.481. The van der Waals surface area contributed by atoms with Crippen LogP contribution in [-0.4, -0.2) is 21.0 Å². The van der Waals surface area contributed by atoms with Gasteiger partial charge in [0.25, 0.3) is 0 Å². The average Bonchev–Trinajstić information content (AvgIpc) is 2.34. The van der Waals surface area contributed by atoms with Gasteiger partial charge in [0.1, 0.15) is 0 Å². The Morgan fingerprint density at radius 2 is 1.78 bits per heavy atom. The molecule has 2 atom stereocenters. The highest BCUT2D eigenvalue weighted by Crippen LogP contribution is 2.20. The Morgan fingerprint density at radius 1 is 1.22 bits per heavy atom. The van der Waals surface area contributed by atoms with Crippen molar-refractivity contribution in [2.75, 3.05) is 6.54 Å². The van der Waals surface area contributed by atoms with Gasteiger partial charge in [0.2, 0.25) is 10.0 Å². The summed E-state index contributed by atoms with van der Waals surface area (Å²) >= 11 is 0. The predicted octanol–water partition coefficient (Wildman–Crippen LogP) is 1.83. The fourth-order valence-electron chi connectivity index (χ4n) is 1.80. The average molecular weight is 270 g/mol. The molecular formula is C13H22N2O2S. The predicted molar refractivity (Wildman–Crippen MR) is 74.0 cm³/mol. The molecule has 0 aromatic heterocycles. The number of nitrogens with one attached hydrogen (secondary N) is 1. The standard InChI is InChI=1S/C13H22N2O2S/c1-4-9-15-11(3)10(2)12-5-7-13(8-6-12)18(14,16)17/h5-8,10-11,15H,4,9H2,1-3H3,(H2,14,16,17). The fraction of sp³-hybridized carbons (Fsp3) is 0.538. The second kappa shape index (κ2) is 6.31. The molecule has 0 saturated heterocycles. The van der Waals surface area contributed by atoms with Crippen molar-refractivity contribution in [1.82, 2.24) is 5.32 Å². The van der Waals surface area contributed by atoms with Crippen molar-refractivity contribution in [1.29, 1.82) is 0 Å². The summed E-state index contributed by atoms with van der Waals surface area (Å²) in [6, 6.07) is 7.13. The molecule has 2 unspecified atom stereocenters. The molecule has 1 aromatic rings. The summed E-state index contributed by atoms with van der Waals surface area (Å²) in [6.45, 7) is 7.37. The van der Waals surface area contributed by atoms with E-state index in [1.165, 1.54) is 0 Å². The second-order valence-corrected chi connectivity index (χ2v) is 6.21. The van der Waals surface area contributed by atoms with Crippen LogP contribution in [-0.2, 0) is 10.0 Å². The highest BCUT2D eigenvalue weighted by atomic mass is 32.2. The number of hydrogen-bond donors (Lipinski definition) is 2. The molecular weight excluding hydrogens is 248 g/mol. The number of nitrogens with two attached hydrogens (primary N) is 1. The van der Waals surface area contributed by atoms with E-state index in [2.05, 4.69) is 26.1 Å². The van der Waals surface area contributed by atoms with E-state index in [0.29, 0.717) is 12.0 Å². The van der Waals surface area contributed by atoms with Crippen LogP contribution in [0.1, 0.15) is 38.7 Å². The molecule has 1 rings (SSSR count). The summed E-state index contributed by atoms with van der Waals surface area (Å²) in [4.78, 5) is 0.160. The number of hydrogen-bond acceptors (Lipinski definition) is 3. The lowest BCUT2D eigenvalue weighted by atomic mass is 9.94. The van der Waals surface area contributed by atoms with Crippen LogP contribution in [0, 0.1) is 0 Å². The fourth-order valence-corrected chi connectivity index (χ4v) is 2.31. The molecule has 0 heterocycles. The van der Waals surface area contributed by atoms with Gasteiger partial charge in [0.15, 0.2) is 0 Å². The zero-order valence-corrected chi connectivity index (χ0v) is 12.0. The first-order valence-corrected chi connectivity index (χ1v) is 7.77. The van der Waals surface area contributed by atoms with Crippen LogP contribution < -0.4 is 10.5 Å². The van der Waals surface area contributed by atoms with Gasteiger partial charge >= 0.3 is 0 Å². The van der Waals surface area contributed by atoms with Crippen LogP contribution in [0.2, 0.25) is 0 Å². The molecule has 4 nitrogen and oxygen atoms in total. The number of rotatable bonds is 6. The SMILES string of the molecule is CCCNC(C)C(C)c1ccc(S(N)(=O)=O)cc1. The van der Waals surface area contributed by atoms with Crippen LogP contribution in [0.5, 0.6) is 0 Å². The maximum atomic E-state index is 11.2. The number of primary sulfonamides is 1. The topological polar surface area (TPSA) is 72.2 Å². The Balaban J connectivity index is 2.79. The van der Waals surface area contributed by atoms with E-state index in [9.17, 15) is 8.42 Å². The van der Waals surface area contributed by atoms with E-state index in [-0.39, 0.29) is 4.90 Å². The highest BCUT2D eigenvalue weighted by Gasteiger charge is 2.14. The molecule has 0 aliphatic heterocycles. The van der Waals surface area contributed by atoms with Gasteiger partial charge < -0.3 is 5.32 Å². The van der Waals surface area contributed by atoms with Crippen molar-refractivity contribution < 1.29 is 8.42 Å². The normalized spacial score (nSPS) is 15.3. The molecule has 18 heavy (non-hydrogen) atoms. The molecule has 0 radical (unpaired) electrons. The van der Waals surface area contributed by atoms with E-state index in [1.807, 2.05) is 12.1 Å². The monoisotopic (exact) mass is 270 g/mol. The van der Waals surface area contributed by atoms with Gasteiger partial charge in [0, 0.05) is 6.04 Å². The molecule has 0 aliphatic rings. The van der Waals surface area contributed by atoms with Gasteiger partial charge in [-0.2, -0.15) is 0 Å². The Hall–Kier alpha value is -0.910. The first-order chi connectivity index (χ1) is 8.36. The second-order valence-electron chi connectivity index (χ2n) is 4.65. The zero-order chi connectivity index (χ0) is 13.8. The molecule has 0 aliphatic carbocycles. The minimum atomic E-state index is -3.60. The van der Waals surface area contributed by atoms with Crippen LogP contribution in [0.25, 0.3) is 0 Å². The van der Waals surface area contributed by atoms with Gasteiger partial charge in [-0.25, -0.2) is 13.6 Å². The van der Waals surface area contributed by atoms with E-state index >= 15 is 0 Å². The van der Waals surface area contributed by atoms with E-state index in [0.717, 1.165) is 18.5 Å². The largest absolute Gasteiger partial charge is 0.314 e. The lowest BCUT2D eigenvalue weighted by Gasteiger charge is -2.21. The van der Waals surface area contributed by atoms with Crippen molar-refractivity contribution >= 4 is 10.0 Å². The quantitative estimate of drug-likeness (QED) is 0.828. The molecule has 5 heteroatoms. The summed E-state index contributed by atoms with van der Waals surface area (Å²) in [5, 5.41) is 8.50. The zero-order valence-electron chi connectivity index (χ0n) is 11.2. The van der Waals surface area contributed by atoms with Crippen molar-refractivity contribution in [3.05, 3.63) is 29.8 Å². The molecule has 0 saturated carbocycles. The Labute approximate surface area is 110 Å². The number of sulfonamides is 1. The van der Waals surface area contributed by atoms with E-state index < -0.39 is 10.0 Å². The van der Waals surface area contributed by atoms with Crippen LogP contribution in [0.3, 0.4) is 0 Å². The molecule has 1 aromatic carbocycles. The van der Waals surface area contributed by atoms with Gasteiger partial charge in [-0.3, -0.25) is 0 Å². The summed E-state index contributed by atoms with van der Waals surface area (Å²) < 4.78 is 22.3. The Bertz CT molecular complexity index is 468. The van der Waals surface area contributed by atoms with Gasteiger partial charge in [-0.05, 0) is 43.5 Å². The van der Waals surface area contributed by atoms with Crippen molar-refractivity contribution in [2.45, 2.75) is 44.0 Å². The van der Waals surface area contributed by atoms with Crippen LogP contribution >= 0.6 is 0 Å². The molecule has 0 bridgehead atoms. The minimum absolute atomic E-state index is 0.160. The highest BCUT2D eigenvalue weighted by molar-refractivity contribution is 7.89. The summed E-state index contributed by atoms with van der Waals surface area (Å²) in [6.07, 6.45) is 1.10. The van der Waals surface area contributed by atoms with Crippen molar-refractivity contribution in [3.63, 3.8) is 0 Å². The van der Waals surface area contributed by atoms with Gasteiger partial charge in [0.05, 0.1) is 4.90 Å². The third kappa shape index (κ3) is 4.08. The summed E-state index contributed by atoms with van der Waals surface area (Å²) in [5.74, 6) is 0.325.